The largest absolute Gasteiger partial charge is 0.444 e. The van der Waals surface area contributed by atoms with E-state index in [1.807, 2.05) is 38.1 Å². The van der Waals surface area contributed by atoms with Crippen LogP contribution in [0.4, 0.5) is 4.79 Å². The Labute approximate surface area is 246 Å². The van der Waals surface area contributed by atoms with Crippen LogP contribution in [-0.2, 0) is 15.8 Å². The number of aromatic nitrogens is 4. The maximum atomic E-state index is 13.0. The smallest absolute Gasteiger partial charge is 0.411 e. The number of fused-ring (bicyclic) bond motifs is 2. The number of ether oxygens (including phenoxy) is 1. The van der Waals surface area contributed by atoms with Gasteiger partial charge in [0, 0.05) is 6.54 Å². The molecule has 8 heteroatoms. The summed E-state index contributed by atoms with van der Waals surface area (Å²) in [5.41, 5.74) is 5.87. The van der Waals surface area contributed by atoms with Gasteiger partial charge in [0.15, 0.2) is 0 Å². The number of amides is 1. The molecule has 1 amide bonds. The Kier molecular flexibility index (Phi) is 5.40. The van der Waals surface area contributed by atoms with E-state index < -0.39 is 5.60 Å². The molecule has 8 rings (SSSR count). The number of benzene rings is 2. The van der Waals surface area contributed by atoms with Gasteiger partial charge in [-0.1, -0.05) is 48.5 Å². The van der Waals surface area contributed by atoms with Gasteiger partial charge in [0.1, 0.15) is 22.8 Å². The summed E-state index contributed by atoms with van der Waals surface area (Å²) in [4.78, 5) is 34.0. The third-order valence-corrected chi connectivity index (χ3v) is 10.1. The predicted octanol–water partition coefficient (Wildman–Crippen LogP) is 6.54. The number of piperidine rings is 2. The second-order valence-electron chi connectivity index (χ2n) is 13.7. The van der Waals surface area contributed by atoms with E-state index in [0.717, 1.165) is 65.0 Å². The molecule has 2 aromatic carbocycles. The molecule has 2 aromatic heterocycles. The Hall–Kier alpha value is -3.91. The molecule has 2 aliphatic carbocycles. The number of carbonyl (C=O) groups excluding carboxylic acids is 1. The summed E-state index contributed by atoms with van der Waals surface area (Å²) < 4.78 is 5.71. The second-order valence-corrected chi connectivity index (χ2v) is 13.7. The first-order valence-corrected chi connectivity index (χ1v) is 15.2. The highest BCUT2D eigenvalue weighted by Crippen LogP contribution is 2.62. The first-order valence-electron chi connectivity index (χ1n) is 15.2. The van der Waals surface area contributed by atoms with Gasteiger partial charge in [-0.15, -0.1) is 0 Å². The average molecular weight is 563 g/mol. The highest BCUT2D eigenvalue weighted by Gasteiger charge is 2.67. The first-order chi connectivity index (χ1) is 20.2. The number of nitrogens with zero attached hydrogens (tertiary/aromatic N) is 4. The molecule has 3 unspecified atom stereocenters. The summed E-state index contributed by atoms with van der Waals surface area (Å²) in [6, 6.07) is 17.3. The van der Waals surface area contributed by atoms with Gasteiger partial charge in [-0.25, -0.2) is 14.8 Å². The molecule has 4 aliphatic rings. The summed E-state index contributed by atoms with van der Waals surface area (Å²) >= 11 is 0. The van der Waals surface area contributed by atoms with Crippen LogP contribution in [0, 0.1) is 11.8 Å². The Balaban J connectivity index is 0.974. The zero-order valence-corrected chi connectivity index (χ0v) is 24.8. The molecule has 4 fully saturated rings. The van der Waals surface area contributed by atoms with Crippen molar-refractivity contribution in [2.75, 3.05) is 20.1 Å². The zero-order chi connectivity index (χ0) is 28.9. The quantitative estimate of drug-likeness (QED) is 0.288. The minimum Gasteiger partial charge on any atom is -0.444 e. The molecule has 2 N–H and O–H groups in total. The molecule has 4 aromatic rings. The lowest BCUT2D eigenvalue weighted by atomic mass is 10.0. The van der Waals surface area contributed by atoms with Gasteiger partial charge in [-0.3, -0.25) is 9.80 Å². The fourth-order valence-electron chi connectivity index (χ4n) is 7.67. The molecule has 4 atom stereocenters. The van der Waals surface area contributed by atoms with Gasteiger partial charge >= 0.3 is 6.09 Å². The van der Waals surface area contributed by atoms with E-state index in [9.17, 15) is 4.79 Å². The normalized spacial score (nSPS) is 28.0. The van der Waals surface area contributed by atoms with Gasteiger partial charge in [-0.05, 0) is 94.1 Å². The van der Waals surface area contributed by atoms with E-state index >= 15 is 0 Å². The van der Waals surface area contributed by atoms with Gasteiger partial charge < -0.3 is 14.7 Å². The molecule has 42 heavy (non-hydrogen) atoms. The van der Waals surface area contributed by atoms with Crippen LogP contribution in [0.1, 0.15) is 58.1 Å². The van der Waals surface area contributed by atoms with Crippen LogP contribution >= 0.6 is 0 Å². The summed E-state index contributed by atoms with van der Waals surface area (Å²) in [5.74, 6) is 3.17. The third-order valence-electron chi connectivity index (χ3n) is 10.1. The van der Waals surface area contributed by atoms with Crippen LogP contribution in [0.25, 0.3) is 33.6 Å². The van der Waals surface area contributed by atoms with Crippen molar-refractivity contribution >= 4 is 6.09 Å². The Morgan fingerprint density at radius 3 is 1.74 bits per heavy atom. The molecular weight excluding hydrogens is 524 g/mol. The maximum absolute atomic E-state index is 13.0. The minimum absolute atomic E-state index is 0.143. The van der Waals surface area contributed by atoms with E-state index in [1.165, 1.54) is 18.4 Å². The molecule has 2 saturated heterocycles. The van der Waals surface area contributed by atoms with Crippen LogP contribution in [0.2, 0.25) is 0 Å². The zero-order valence-electron chi connectivity index (χ0n) is 24.8. The molecule has 2 aliphatic heterocycles. The highest BCUT2D eigenvalue weighted by molar-refractivity contribution is 5.73. The lowest BCUT2D eigenvalue weighted by Crippen LogP contribution is -2.42. The van der Waals surface area contributed by atoms with E-state index in [-0.39, 0.29) is 17.2 Å². The van der Waals surface area contributed by atoms with Gasteiger partial charge in [-0.2, -0.15) is 0 Å². The number of carbonyl (C=O) groups is 1. The number of rotatable bonds is 5. The second kappa shape index (κ2) is 8.80. The summed E-state index contributed by atoms with van der Waals surface area (Å²) in [6.45, 7) is 7.60. The Morgan fingerprint density at radius 1 is 0.786 bits per heavy atom. The monoisotopic (exact) mass is 562 g/mol. The van der Waals surface area contributed by atoms with E-state index in [1.54, 1.807) is 0 Å². The van der Waals surface area contributed by atoms with Crippen molar-refractivity contribution in [3.05, 3.63) is 72.6 Å². The van der Waals surface area contributed by atoms with Crippen molar-refractivity contribution in [3.8, 4) is 33.6 Å². The van der Waals surface area contributed by atoms with Gasteiger partial charge in [0.2, 0.25) is 0 Å². The van der Waals surface area contributed by atoms with E-state index in [0.29, 0.717) is 12.5 Å². The number of nitrogens with one attached hydrogen (secondary N) is 2. The Bertz CT molecular complexity index is 1660. The highest BCUT2D eigenvalue weighted by atomic mass is 16.6. The minimum atomic E-state index is -0.517. The van der Waals surface area contributed by atoms with Crippen LogP contribution in [0.15, 0.2) is 60.9 Å². The van der Waals surface area contributed by atoms with Crippen molar-refractivity contribution in [1.82, 2.24) is 29.7 Å². The molecular formula is C34H38N6O2. The summed E-state index contributed by atoms with van der Waals surface area (Å²) in [5, 5.41) is 0. The van der Waals surface area contributed by atoms with Crippen LogP contribution in [-0.4, -0.2) is 61.6 Å². The number of hydrogen-bond donors (Lipinski definition) is 2. The standard InChI is InChI=1S/C34H38N6O2/c1-32(2,3)42-31(41)40-16-14-26-18-34(26,40)30-36-20-28(38-30)24-11-7-22(8-12-24)21-5-9-23(10-6-21)27-19-35-29(37-27)33-17-25(33)13-15-39(33)4/h5-12,19-20,25-26H,13-18H2,1-4H3,(H,35,37)(H,36,38)/t25-,26?,33?,34?/m0/s1. The number of likely N-dealkylation sites (tertiary alicyclic amines) is 2. The number of imidazole rings is 2. The number of aromatic amines is 2. The van der Waals surface area contributed by atoms with Crippen molar-refractivity contribution in [3.63, 3.8) is 0 Å². The van der Waals surface area contributed by atoms with Crippen molar-refractivity contribution < 1.29 is 9.53 Å². The fourth-order valence-corrected chi connectivity index (χ4v) is 7.67. The molecule has 2 saturated carbocycles. The Morgan fingerprint density at radius 2 is 1.26 bits per heavy atom. The molecule has 0 bridgehead atoms. The van der Waals surface area contributed by atoms with E-state index in [4.69, 9.17) is 14.7 Å². The van der Waals surface area contributed by atoms with Gasteiger partial charge in [0.25, 0.3) is 0 Å². The van der Waals surface area contributed by atoms with Crippen molar-refractivity contribution in [1.29, 1.82) is 0 Å². The first kappa shape index (κ1) is 25.8. The van der Waals surface area contributed by atoms with E-state index in [2.05, 4.69) is 70.4 Å². The SMILES string of the molecule is CN1CC[C@H]2CC21c1ncc(-c2ccc(-c3ccc(-c4cnc(C56CC5CCN6C(=O)OC(C)(C)C)[nH]4)cc3)cc2)[nH]1. The average Bonchev–Trinajstić information content (AvgIpc) is 3.49. The molecule has 0 spiro atoms. The molecule has 0 radical (unpaired) electrons. The van der Waals surface area contributed by atoms with Crippen LogP contribution < -0.4 is 0 Å². The third kappa shape index (κ3) is 3.87. The number of H-pyrrole nitrogens is 2. The summed E-state index contributed by atoms with van der Waals surface area (Å²) in [7, 11) is 2.22. The lowest BCUT2D eigenvalue weighted by Gasteiger charge is -2.30. The van der Waals surface area contributed by atoms with Crippen molar-refractivity contribution in [2.24, 2.45) is 11.8 Å². The topological polar surface area (TPSA) is 90.1 Å². The van der Waals surface area contributed by atoms with Gasteiger partial charge in [0.05, 0.1) is 29.3 Å². The summed E-state index contributed by atoms with van der Waals surface area (Å²) in [6.07, 6.45) is 8.04. The van der Waals surface area contributed by atoms with Crippen molar-refractivity contribution in [2.45, 2.75) is 63.1 Å². The maximum Gasteiger partial charge on any atom is 0.411 e. The number of hydrogen-bond acceptors (Lipinski definition) is 5. The molecule has 8 nitrogen and oxygen atoms in total. The lowest BCUT2D eigenvalue weighted by molar-refractivity contribution is 0.0162. The molecule has 216 valence electrons. The molecule has 4 heterocycles. The predicted molar refractivity (Wildman–Crippen MR) is 161 cm³/mol. The fraction of sp³-hybridized carbons (Fsp3) is 0.441. The van der Waals surface area contributed by atoms with Crippen LogP contribution in [0.3, 0.4) is 0 Å². The van der Waals surface area contributed by atoms with Crippen LogP contribution in [0.5, 0.6) is 0 Å².